The zero-order valence-corrected chi connectivity index (χ0v) is 13.0. The number of anilines is 1. The summed E-state index contributed by atoms with van der Waals surface area (Å²) in [5.74, 6) is -0.311. The van der Waals surface area contributed by atoms with Gasteiger partial charge in [-0.25, -0.2) is 4.68 Å². The van der Waals surface area contributed by atoms with Gasteiger partial charge in [0.2, 0.25) is 5.91 Å². The maximum absolute atomic E-state index is 11.0. The van der Waals surface area contributed by atoms with Crippen LogP contribution in [-0.4, -0.2) is 21.7 Å². The number of amides is 1. The zero-order valence-electron chi connectivity index (χ0n) is 13.0. The fourth-order valence-corrected chi connectivity index (χ4v) is 2.36. The fraction of sp³-hybridized carbons (Fsp3) is 0.375. The summed E-state index contributed by atoms with van der Waals surface area (Å²) in [5, 5.41) is 7.74. The second-order valence-electron chi connectivity index (χ2n) is 5.56. The standard InChI is InChI=1S/C16H22N4O/c1-10-5-6-11(2)15(7-10)20-13(4)14(9-18-20)19-12(3)8-16(17)21/h5-7,9,12,19H,8H2,1-4H3,(H2,17,21)/t12-/m1/s1. The molecule has 112 valence electrons. The van der Waals surface area contributed by atoms with Gasteiger partial charge in [-0.2, -0.15) is 5.10 Å². The monoisotopic (exact) mass is 286 g/mol. The first-order chi connectivity index (χ1) is 9.88. The largest absolute Gasteiger partial charge is 0.379 e. The summed E-state index contributed by atoms with van der Waals surface area (Å²) < 4.78 is 1.92. The van der Waals surface area contributed by atoms with E-state index in [0.29, 0.717) is 6.42 Å². The van der Waals surface area contributed by atoms with Crippen molar-refractivity contribution in [3.8, 4) is 5.69 Å². The molecule has 1 heterocycles. The number of primary amides is 1. The van der Waals surface area contributed by atoms with E-state index in [2.05, 4.69) is 42.5 Å². The van der Waals surface area contributed by atoms with Gasteiger partial charge in [0.15, 0.2) is 0 Å². The van der Waals surface area contributed by atoms with Crippen LogP contribution in [0.3, 0.4) is 0 Å². The van der Waals surface area contributed by atoms with Gasteiger partial charge in [0.05, 0.1) is 23.3 Å². The van der Waals surface area contributed by atoms with Crippen molar-refractivity contribution in [3.63, 3.8) is 0 Å². The van der Waals surface area contributed by atoms with Gasteiger partial charge in [0.1, 0.15) is 0 Å². The first-order valence-electron chi connectivity index (χ1n) is 7.05. The number of nitrogens with two attached hydrogens (primary N) is 1. The molecule has 21 heavy (non-hydrogen) atoms. The van der Waals surface area contributed by atoms with Crippen molar-refractivity contribution in [3.05, 3.63) is 41.2 Å². The van der Waals surface area contributed by atoms with Crippen LogP contribution in [0.2, 0.25) is 0 Å². The van der Waals surface area contributed by atoms with Crippen molar-refractivity contribution in [1.29, 1.82) is 0 Å². The summed E-state index contributed by atoms with van der Waals surface area (Å²) in [5.41, 5.74) is 10.6. The van der Waals surface area contributed by atoms with E-state index in [-0.39, 0.29) is 11.9 Å². The van der Waals surface area contributed by atoms with E-state index in [0.717, 1.165) is 17.1 Å². The molecule has 5 heteroatoms. The molecule has 5 nitrogen and oxygen atoms in total. The summed E-state index contributed by atoms with van der Waals surface area (Å²) in [6.07, 6.45) is 2.09. The molecule has 0 aliphatic rings. The van der Waals surface area contributed by atoms with Gasteiger partial charge < -0.3 is 11.1 Å². The molecule has 1 aromatic heterocycles. The van der Waals surface area contributed by atoms with Crippen molar-refractivity contribution in [2.45, 2.75) is 40.2 Å². The molecule has 1 amide bonds. The smallest absolute Gasteiger partial charge is 0.219 e. The molecule has 2 rings (SSSR count). The highest BCUT2D eigenvalue weighted by atomic mass is 16.1. The third-order valence-electron chi connectivity index (χ3n) is 3.51. The molecule has 0 unspecified atom stereocenters. The third-order valence-corrected chi connectivity index (χ3v) is 3.51. The highest BCUT2D eigenvalue weighted by Crippen LogP contribution is 2.22. The van der Waals surface area contributed by atoms with Crippen LogP contribution < -0.4 is 11.1 Å². The fourth-order valence-electron chi connectivity index (χ4n) is 2.36. The number of carbonyl (C=O) groups is 1. The first kappa shape index (κ1) is 15.1. The normalized spacial score (nSPS) is 12.2. The predicted octanol–water partition coefficient (Wildman–Crippen LogP) is 2.47. The number of carbonyl (C=O) groups excluding carboxylic acids is 1. The topological polar surface area (TPSA) is 72.9 Å². The van der Waals surface area contributed by atoms with E-state index in [1.807, 2.05) is 18.5 Å². The van der Waals surface area contributed by atoms with Gasteiger partial charge in [-0.3, -0.25) is 4.79 Å². The van der Waals surface area contributed by atoms with Crippen molar-refractivity contribution >= 4 is 11.6 Å². The summed E-state index contributed by atoms with van der Waals surface area (Å²) in [4.78, 5) is 11.0. The minimum atomic E-state index is -0.311. The van der Waals surface area contributed by atoms with Gasteiger partial charge in [0.25, 0.3) is 0 Å². The zero-order chi connectivity index (χ0) is 15.6. The Bertz CT molecular complexity index is 660. The second-order valence-corrected chi connectivity index (χ2v) is 5.56. The van der Waals surface area contributed by atoms with Crippen LogP contribution in [0, 0.1) is 20.8 Å². The number of hydrogen-bond acceptors (Lipinski definition) is 3. The Hall–Kier alpha value is -2.30. The molecule has 1 aromatic carbocycles. The molecule has 0 saturated carbocycles. The summed E-state index contributed by atoms with van der Waals surface area (Å²) in [7, 11) is 0. The van der Waals surface area contributed by atoms with Gasteiger partial charge in [-0.1, -0.05) is 12.1 Å². The molecule has 0 bridgehead atoms. The van der Waals surface area contributed by atoms with E-state index in [9.17, 15) is 4.79 Å². The van der Waals surface area contributed by atoms with Crippen molar-refractivity contribution in [2.75, 3.05) is 5.32 Å². The molecule has 0 aliphatic heterocycles. The van der Waals surface area contributed by atoms with E-state index in [1.54, 1.807) is 6.20 Å². The Kier molecular flexibility index (Phi) is 4.31. The lowest BCUT2D eigenvalue weighted by molar-refractivity contribution is -0.118. The van der Waals surface area contributed by atoms with Crippen molar-refractivity contribution < 1.29 is 4.79 Å². The van der Waals surface area contributed by atoms with Gasteiger partial charge >= 0.3 is 0 Å². The van der Waals surface area contributed by atoms with E-state index in [1.165, 1.54) is 11.1 Å². The van der Waals surface area contributed by atoms with Gasteiger partial charge in [-0.05, 0) is 44.9 Å². The number of hydrogen-bond donors (Lipinski definition) is 2. The quantitative estimate of drug-likeness (QED) is 0.887. The predicted molar refractivity (Wildman–Crippen MR) is 84.7 cm³/mol. The molecular weight excluding hydrogens is 264 g/mol. The van der Waals surface area contributed by atoms with Gasteiger partial charge in [-0.15, -0.1) is 0 Å². The SMILES string of the molecule is Cc1ccc(C)c(-n2ncc(N[C@H](C)CC(N)=O)c2C)c1. The molecule has 0 fully saturated rings. The Balaban J connectivity index is 2.28. The summed E-state index contributed by atoms with van der Waals surface area (Å²) in [6.45, 7) is 8.07. The Labute approximate surface area is 125 Å². The maximum Gasteiger partial charge on any atom is 0.219 e. The Morgan fingerprint density at radius 3 is 2.76 bits per heavy atom. The van der Waals surface area contributed by atoms with Crippen molar-refractivity contribution in [2.24, 2.45) is 5.73 Å². The average Bonchev–Trinajstić information content (AvgIpc) is 2.73. The third kappa shape index (κ3) is 3.42. The van der Waals surface area contributed by atoms with Crippen molar-refractivity contribution in [1.82, 2.24) is 9.78 Å². The molecule has 0 spiro atoms. The number of aryl methyl sites for hydroxylation is 2. The minimum Gasteiger partial charge on any atom is -0.379 e. The van der Waals surface area contributed by atoms with Gasteiger partial charge in [0, 0.05) is 12.5 Å². The lowest BCUT2D eigenvalue weighted by Crippen LogP contribution is -2.24. The van der Waals surface area contributed by atoms with Crippen LogP contribution in [-0.2, 0) is 4.79 Å². The number of rotatable bonds is 5. The number of nitrogens with one attached hydrogen (secondary N) is 1. The molecule has 0 aliphatic carbocycles. The van der Waals surface area contributed by atoms with Crippen LogP contribution in [0.15, 0.2) is 24.4 Å². The molecule has 3 N–H and O–H groups in total. The molecule has 0 saturated heterocycles. The minimum absolute atomic E-state index is 0.0162. The molecular formula is C16H22N4O. The van der Waals surface area contributed by atoms with Crippen LogP contribution in [0.1, 0.15) is 30.2 Å². The summed E-state index contributed by atoms with van der Waals surface area (Å²) >= 11 is 0. The average molecular weight is 286 g/mol. The van der Waals surface area contributed by atoms with E-state index in [4.69, 9.17) is 5.73 Å². The number of nitrogens with zero attached hydrogens (tertiary/aromatic N) is 2. The summed E-state index contributed by atoms with van der Waals surface area (Å²) in [6, 6.07) is 6.28. The lowest BCUT2D eigenvalue weighted by atomic mass is 10.1. The highest BCUT2D eigenvalue weighted by Gasteiger charge is 2.13. The molecule has 0 radical (unpaired) electrons. The Morgan fingerprint density at radius 2 is 2.10 bits per heavy atom. The van der Waals surface area contributed by atoms with Crippen LogP contribution in [0.25, 0.3) is 5.69 Å². The maximum atomic E-state index is 11.0. The highest BCUT2D eigenvalue weighted by molar-refractivity contribution is 5.75. The number of benzene rings is 1. The van der Waals surface area contributed by atoms with Crippen LogP contribution in [0.5, 0.6) is 0 Å². The molecule has 1 atom stereocenters. The first-order valence-corrected chi connectivity index (χ1v) is 7.05. The molecule has 2 aromatic rings. The second kappa shape index (κ2) is 5.99. The lowest BCUT2D eigenvalue weighted by Gasteiger charge is -2.14. The number of aromatic nitrogens is 2. The van der Waals surface area contributed by atoms with E-state index < -0.39 is 0 Å². The van der Waals surface area contributed by atoms with Crippen LogP contribution >= 0.6 is 0 Å². The van der Waals surface area contributed by atoms with Crippen LogP contribution in [0.4, 0.5) is 5.69 Å². The van der Waals surface area contributed by atoms with E-state index >= 15 is 0 Å². The Morgan fingerprint density at radius 1 is 1.38 bits per heavy atom.